The summed E-state index contributed by atoms with van der Waals surface area (Å²) in [5.41, 5.74) is 18.5. The van der Waals surface area contributed by atoms with Gasteiger partial charge in [-0.2, -0.15) is 0 Å². The second kappa shape index (κ2) is 19.5. The molecule has 0 spiro atoms. The molecule has 0 aliphatic heterocycles. The van der Waals surface area contributed by atoms with E-state index in [1.807, 2.05) is 20.8 Å². The standard InChI is InChI=1S/C23H40N4O2.C18H32N6O2/c1-21(2,3)12-10-11-15(28)16-18(23(7,8)9)26-17(19(24)27-16)20(29)25-14-13-22(4,5)6;1-17(2,3)7-9-21-15(25)11-13(19)24-12(14(20)23-11)16(26)22-10-8-18(4,5)6/h10-14H2,1-9H3,(H2,24,27)(H,25,29);7-10H2,1-6H3,(H2,20,23)(H2,19,24)(H,21,25)(H,22,26). The summed E-state index contributed by atoms with van der Waals surface area (Å²) in [6.45, 7) is 32.7. The van der Waals surface area contributed by atoms with Crippen LogP contribution in [0, 0.1) is 21.7 Å². The second-order valence-electron chi connectivity index (χ2n) is 20.1. The minimum Gasteiger partial charge on any atom is -0.382 e. The topological polar surface area (TPSA) is 234 Å². The molecular weight excluding hydrogens is 697 g/mol. The molecule has 3 amide bonds. The first kappa shape index (κ1) is 48.7. The lowest BCUT2D eigenvalue weighted by atomic mass is 9.86. The van der Waals surface area contributed by atoms with Gasteiger partial charge in [0.2, 0.25) is 0 Å². The fourth-order valence-electron chi connectivity index (χ4n) is 4.93. The third kappa shape index (κ3) is 18.7. The van der Waals surface area contributed by atoms with Crippen LogP contribution in [-0.4, -0.2) is 63.1 Å². The summed E-state index contributed by atoms with van der Waals surface area (Å²) in [4.78, 5) is 66.7. The van der Waals surface area contributed by atoms with E-state index >= 15 is 0 Å². The molecule has 310 valence electrons. The first-order chi connectivity index (χ1) is 24.8. The van der Waals surface area contributed by atoms with Crippen molar-refractivity contribution < 1.29 is 19.2 Å². The lowest BCUT2D eigenvalue weighted by molar-refractivity contribution is 0.0931. The van der Waals surface area contributed by atoms with Gasteiger partial charge >= 0.3 is 0 Å². The number of nitrogen functional groups attached to an aromatic ring is 3. The number of nitrogens with one attached hydrogen (secondary N) is 3. The normalized spacial score (nSPS) is 12.3. The summed E-state index contributed by atoms with van der Waals surface area (Å²) in [5.74, 6) is -1.56. The van der Waals surface area contributed by atoms with E-state index in [4.69, 9.17) is 17.2 Å². The third-order valence-corrected chi connectivity index (χ3v) is 8.30. The number of amides is 3. The van der Waals surface area contributed by atoms with E-state index in [9.17, 15) is 19.2 Å². The van der Waals surface area contributed by atoms with Gasteiger partial charge in [0, 0.05) is 31.5 Å². The zero-order chi connectivity index (χ0) is 42.7. The number of nitrogens with two attached hydrogens (primary N) is 3. The van der Waals surface area contributed by atoms with Crippen LogP contribution < -0.4 is 33.2 Å². The number of nitrogens with zero attached hydrogens (tertiary/aromatic N) is 4. The number of carbonyl (C=O) groups excluding carboxylic acids is 4. The lowest BCUT2D eigenvalue weighted by Gasteiger charge is -2.22. The Bertz CT molecular complexity index is 1580. The fourth-order valence-corrected chi connectivity index (χ4v) is 4.93. The van der Waals surface area contributed by atoms with Crippen molar-refractivity contribution >= 4 is 41.0 Å². The Kier molecular flexibility index (Phi) is 17.2. The van der Waals surface area contributed by atoms with Crippen LogP contribution in [0.25, 0.3) is 0 Å². The largest absolute Gasteiger partial charge is 0.382 e. The number of hydrogen-bond acceptors (Lipinski definition) is 11. The summed E-state index contributed by atoms with van der Waals surface area (Å²) in [7, 11) is 0. The van der Waals surface area contributed by atoms with Crippen LogP contribution in [0.15, 0.2) is 0 Å². The molecular formula is C41H72N10O4. The van der Waals surface area contributed by atoms with E-state index < -0.39 is 17.2 Å². The van der Waals surface area contributed by atoms with Gasteiger partial charge in [-0.25, -0.2) is 19.9 Å². The quantitative estimate of drug-likeness (QED) is 0.115. The van der Waals surface area contributed by atoms with E-state index in [-0.39, 0.29) is 73.6 Å². The van der Waals surface area contributed by atoms with Gasteiger partial charge in [-0.05, 0) is 53.8 Å². The van der Waals surface area contributed by atoms with Crippen LogP contribution in [0.5, 0.6) is 0 Å². The first-order valence-corrected chi connectivity index (χ1v) is 19.3. The molecule has 2 rings (SSSR count). The Balaban J connectivity index is 0.000000553. The Labute approximate surface area is 330 Å². The van der Waals surface area contributed by atoms with Gasteiger partial charge in [0.15, 0.2) is 40.3 Å². The highest BCUT2D eigenvalue weighted by Gasteiger charge is 2.29. The highest BCUT2D eigenvalue weighted by atomic mass is 16.2. The van der Waals surface area contributed by atoms with Crippen molar-refractivity contribution in [1.29, 1.82) is 0 Å². The second-order valence-corrected chi connectivity index (χ2v) is 20.1. The summed E-state index contributed by atoms with van der Waals surface area (Å²) < 4.78 is 0. The predicted molar refractivity (Wildman–Crippen MR) is 223 cm³/mol. The van der Waals surface area contributed by atoms with Crippen molar-refractivity contribution in [2.75, 3.05) is 36.8 Å². The summed E-state index contributed by atoms with van der Waals surface area (Å²) in [6.07, 6.45) is 4.56. The smallest absolute Gasteiger partial charge is 0.273 e. The molecule has 0 fully saturated rings. The number of rotatable bonds is 13. The lowest BCUT2D eigenvalue weighted by Crippen LogP contribution is -2.32. The van der Waals surface area contributed by atoms with E-state index in [1.54, 1.807) is 0 Å². The molecule has 0 aliphatic carbocycles. The van der Waals surface area contributed by atoms with Crippen LogP contribution in [0.4, 0.5) is 17.5 Å². The maximum atomic E-state index is 12.9. The molecule has 0 radical (unpaired) electrons. The minimum atomic E-state index is -0.453. The van der Waals surface area contributed by atoms with Crippen molar-refractivity contribution in [1.82, 2.24) is 35.9 Å². The zero-order valence-corrected chi connectivity index (χ0v) is 36.5. The molecule has 0 atom stereocenters. The van der Waals surface area contributed by atoms with Gasteiger partial charge in [0.25, 0.3) is 17.7 Å². The molecule has 0 aliphatic rings. The maximum Gasteiger partial charge on any atom is 0.273 e. The van der Waals surface area contributed by atoms with E-state index in [0.29, 0.717) is 31.7 Å². The van der Waals surface area contributed by atoms with Gasteiger partial charge in [0.05, 0.1) is 5.69 Å². The van der Waals surface area contributed by atoms with Crippen LogP contribution in [-0.2, 0) is 5.41 Å². The Morgan fingerprint density at radius 3 is 1.04 bits per heavy atom. The fraction of sp³-hybridized carbons (Fsp3) is 0.707. The van der Waals surface area contributed by atoms with Crippen LogP contribution >= 0.6 is 0 Å². The number of Topliss-reactive ketones (excluding diaryl/α,β-unsaturated/α-hetero) is 1. The van der Waals surface area contributed by atoms with Crippen molar-refractivity contribution in [3.63, 3.8) is 0 Å². The summed E-state index contributed by atoms with van der Waals surface area (Å²) in [5, 5.41) is 8.36. The Hall–Kier alpha value is -4.36. The first-order valence-electron chi connectivity index (χ1n) is 19.3. The van der Waals surface area contributed by atoms with Gasteiger partial charge in [-0.15, -0.1) is 0 Å². The number of anilines is 3. The van der Waals surface area contributed by atoms with E-state index in [0.717, 1.165) is 32.1 Å². The van der Waals surface area contributed by atoms with Gasteiger partial charge in [-0.3, -0.25) is 19.2 Å². The van der Waals surface area contributed by atoms with Crippen LogP contribution in [0.1, 0.15) is 190 Å². The average molecular weight is 769 g/mol. The molecule has 2 heterocycles. The Morgan fingerprint density at radius 2 is 0.745 bits per heavy atom. The Morgan fingerprint density at radius 1 is 0.455 bits per heavy atom. The third-order valence-electron chi connectivity index (χ3n) is 8.30. The van der Waals surface area contributed by atoms with Crippen molar-refractivity contribution in [3.05, 3.63) is 28.5 Å². The number of carbonyl (C=O) groups is 4. The van der Waals surface area contributed by atoms with Gasteiger partial charge in [0.1, 0.15) is 5.69 Å². The maximum absolute atomic E-state index is 12.9. The SMILES string of the molecule is CC(C)(C)CCCC(=O)c1nc(N)c(C(=O)NCCC(C)(C)C)nc1C(C)(C)C.CC(C)(C)CCNC(=O)c1nc(N)c(C(=O)NCCC(C)(C)C)nc1N. The summed E-state index contributed by atoms with van der Waals surface area (Å²) in [6, 6.07) is 0. The van der Waals surface area contributed by atoms with Crippen LogP contribution in [0.3, 0.4) is 0 Å². The molecule has 0 aromatic carbocycles. The molecule has 0 unspecified atom stereocenters. The molecule has 0 saturated carbocycles. The molecule has 0 bridgehead atoms. The molecule has 14 nitrogen and oxygen atoms in total. The molecule has 0 saturated heterocycles. The van der Waals surface area contributed by atoms with Gasteiger partial charge in [-0.1, -0.05) is 104 Å². The van der Waals surface area contributed by atoms with Crippen molar-refractivity contribution in [2.24, 2.45) is 21.7 Å². The molecule has 55 heavy (non-hydrogen) atoms. The average Bonchev–Trinajstić information content (AvgIpc) is 2.98. The molecule has 2 aromatic heterocycles. The minimum absolute atomic E-state index is 0.00503. The molecule has 2 aromatic rings. The monoisotopic (exact) mass is 769 g/mol. The van der Waals surface area contributed by atoms with Gasteiger partial charge < -0.3 is 33.2 Å². The number of ketones is 1. The van der Waals surface area contributed by atoms with E-state index in [2.05, 4.69) is 119 Å². The summed E-state index contributed by atoms with van der Waals surface area (Å²) >= 11 is 0. The van der Waals surface area contributed by atoms with Crippen molar-refractivity contribution in [3.8, 4) is 0 Å². The molecule has 9 N–H and O–H groups in total. The van der Waals surface area contributed by atoms with E-state index in [1.165, 1.54) is 0 Å². The van der Waals surface area contributed by atoms with Crippen LogP contribution in [0.2, 0.25) is 0 Å². The van der Waals surface area contributed by atoms with Crippen molar-refractivity contribution in [2.45, 2.75) is 148 Å². The number of hydrogen-bond donors (Lipinski definition) is 6. The highest BCUT2D eigenvalue weighted by Crippen LogP contribution is 2.28. The highest BCUT2D eigenvalue weighted by molar-refractivity contribution is 6.01. The number of aromatic nitrogens is 4. The molecule has 14 heteroatoms. The predicted octanol–water partition coefficient (Wildman–Crippen LogP) is 6.89. The zero-order valence-electron chi connectivity index (χ0n) is 36.5.